The van der Waals surface area contributed by atoms with Crippen molar-refractivity contribution in [3.05, 3.63) is 64.6 Å². The maximum atomic E-state index is 10.4. The van der Waals surface area contributed by atoms with E-state index in [1.165, 1.54) is 0 Å². The molecule has 0 amide bonds. The number of nitrogens with zero attached hydrogens (tertiary/aromatic N) is 1. The molecule has 2 aromatic heterocycles. The smallest absolute Gasteiger partial charge is 0.138 e. The van der Waals surface area contributed by atoms with Crippen LogP contribution in [0.2, 0.25) is 5.02 Å². The van der Waals surface area contributed by atoms with Crippen LogP contribution in [0.15, 0.2) is 47.1 Å². The Morgan fingerprint density at radius 2 is 2.11 bits per heavy atom. The van der Waals surface area contributed by atoms with Crippen LogP contribution in [0.25, 0.3) is 11.0 Å². The van der Waals surface area contributed by atoms with Gasteiger partial charge < -0.3 is 9.52 Å². The molecule has 2 heterocycles. The quantitative estimate of drug-likeness (QED) is 0.771. The first-order valence-corrected chi connectivity index (χ1v) is 6.30. The highest BCUT2D eigenvalue weighted by atomic mass is 35.5. The maximum Gasteiger partial charge on any atom is 0.138 e. The summed E-state index contributed by atoms with van der Waals surface area (Å²) in [6.07, 6.45) is 2.58. The summed E-state index contributed by atoms with van der Waals surface area (Å²) in [4.78, 5) is 4.02. The van der Waals surface area contributed by atoms with Gasteiger partial charge in [-0.3, -0.25) is 4.98 Å². The molecule has 96 valence electrons. The van der Waals surface area contributed by atoms with Gasteiger partial charge in [0.2, 0.25) is 0 Å². The molecule has 0 aliphatic rings. The van der Waals surface area contributed by atoms with E-state index in [4.69, 9.17) is 16.0 Å². The van der Waals surface area contributed by atoms with E-state index in [9.17, 15) is 5.11 Å². The average Bonchev–Trinajstić information content (AvgIpc) is 2.81. The van der Waals surface area contributed by atoms with E-state index in [0.717, 1.165) is 16.5 Å². The Kier molecular flexibility index (Phi) is 3.01. The van der Waals surface area contributed by atoms with Gasteiger partial charge in [0, 0.05) is 22.8 Å². The second kappa shape index (κ2) is 4.68. The highest BCUT2D eigenvalue weighted by Crippen LogP contribution is 2.30. The third-order valence-corrected chi connectivity index (χ3v) is 3.36. The number of aliphatic hydroxyl groups is 1. The maximum absolute atomic E-state index is 10.4. The SMILES string of the molecule is Cc1cnccc1C(O)c1cc2cc(Cl)ccc2o1. The number of aromatic nitrogens is 1. The summed E-state index contributed by atoms with van der Waals surface area (Å²) >= 11 is 5.94. The minimum absolute atomic E-state index is 0.506. The fraction of sp³-hybridized carbons (Fsp3) is 0.133. The highest BCUT2D eigenvalue weighted by molar-refractivity contribution is 6.31. The summed E-state index contributed by atoms with van der Waals surface area (Å²) in [5.74, 6) is 0.506. The molecule has 0 aliphatic carbocycles. The van der Waals surface area contributed by atoms with Crippen LogP contribution in [0, 0.1) is 6.92 Å². The average molecular weight is 274 g/mol. The van der Waals surface area contributed by atoms with E-state index in [0.29, 0.717) is 16.4 Å². The van der Waals surface area contributed by atoms with Crippen LogP contribution in [-0.4, -0.2) is 10.1 Å². The Morgan fingerprint density at radius 3 is 2.89 bits per heavy atom. The molecule has 1 atom stereocenters. The first-order valence-electron chi connectivity index (χ1n) is 5.93. The molecule has 0 spiro atoms. The number of hydrogen-bond acceptors (Lipinski definition) is 3. The van der Waals surface area contributed by atoms with E-state index >= 15 is 0 Å². The van der Waals surface area contributed by atoms with Gasteiger partial charge in [-0.25, -0.2) is 0 Å². The molecule has 0 fully saturated rings. The number of furan rings is 1. The Morgan fingerprint density at radius 1 is 1.26 bits per heavy atom. The third kappa shape index (κ3) is 2.23. The van der Waals surface area contributed by atoms with Crippen LogP contribution in [0.5, 0.6) is 0 Å². The molecule has 4 heteroatoms. The highest BCUT2D eigenvalue weighted by Gasteiger charge is 2.17. The lowest BCUT2D eigenvalue weighted by molar-refractivity contribution is 0.191. The molecular formula is C15H12ClNO2. The zero-order chi connectivity index (χ0) is 13.4. The standard InChI is InChI=1S/C15H12ClNO2/c1-9-8-17-5-4-12(9)15(18)14-7-10-6-11(16)2-3-13(10)19-14/h2-8,15,18H,1H3. The number of benzene rings is 1. The van der Waals surface area contributed by atoms with Crippen molar-refractivity contribution in [2.24, 2.45) is 0 Å². The molecule has 0 saturated carbocycles. The molecule has 0 aliphatic heterocycles. The Bertz CT molecular complexity index is 736. The van der Waals surface area contributed by atoms with E-state index in [1.54, 1.807) is 30.6 Å². The number of rotatable bonds is 2. The molecule has 0 saturated heterocycles. The number of aliphatic hydroxyl groups excluding tert-OH is 1. The van der Waals surface area contributed by atoms with Crippen molar-refractivity contribution in [1.82, 2.24) is 4.98 Å². The summed E-state index contributed by atoms with van der Waals surface area (Å²) in [5, 5.41) is 11.9. The van der Waals surface area contributed by atoms with Crippen molar-refractivity contribution in [1.29, 1.82) is 0 Å². The van der Waals surface area contributed by atoms with Gasteiger partial charge in [0.1, 0.15) is 17.4 Å². The molecule has 3 rings (SSSR count). The number of halogens is 1. The number of hydrogen-bond donors (Lipinski definition) is 1. The summed E-state index contributed by atoms with van der Waals surface area (Å²) in [7, 11) is 0. The first kappa shape index (κ1) is 12.2. The predicted octanol–water partition coefficient (Wildman–Crippen LogP) is 3.87. The lowest BCUT2D eigenvalue weighted by Gasteiger charge is -2.10. The third-order valence-electron chi connectivity index (χ3n) is 3.13. The molecule has 0 radical (unpaired) electrons. The van der Waals surface area contributed by atoms with Crippen LogP contribution in [0.3, 0.4) is 0 Å². The molecular weight excluding hydrogens is 262 g/mol. The van der Waals surface area contributed by atoms with Crippen molar-refractivity contribution in [2.75, 3.05) is 0 Å². The van der Waals surface area contributed by atoms with Crippen molar-refractivity contribution >= 4 is 22.6 Å². The second-order valence-electron chi connectivity index (χ2n) is 4.47. The second-order valence-corrected chi connectivity index (χ2v) is 4.90. The van der Waals surface area contributed by atoms with Crippen LogP contribution in [-0.2, 0) is 0 Å². The molecule has 1 unspecified atom stereocenters. The normalized spacial score (nSPS) is 12.8. The van der Waals surface area contributed by atoms with Gasteiger partial charge >= 0.3 is 0 Å². The molecule has 3 aromatic rings. The minimum atomic E-state index is -0.797. The summed E-state index contributed by atoms with van der Waals surface area (Å²) in [6.45, 7) is 1.91. The first-order chi connectivity index (χ1) is 9.15. The van der Waals surface area contributed by atoms with Gasteiger partial charge in [0.05, 0.1) is 0 Å². The lowest BCUT2D eigenvalue weighted by atomic mass is 10.0. The zero-order valence-corrected chi connectivity index (χ0v) is 11.1. The lowest BCUT2D eigenvalue weighted by Crippen LogP contribution is -2.00. The summed E-state index contributed by atoms with van der Waals surface area (Å²) < 4.78 is 5.67. The molecule has 1 aromatic carbocycles. The number of fused-ring (bicyclic) bond motifs is 1. The fourth-order valence-corrected chi connectivity index (χ4v) is 2.29. The van der Waals surface area contributed by atoms with Gasteiger partial charge in [-0.1, -0.05) is 11.6 Å². The van der Waals surface area contributed by atoms with Crippen LogP contribution >= 0.6 is 11.6 Å². The molecule has 19 heavy (non-hydrogen) atoms. The van der Waals surface area contributed by atoms with E-state index in [-0.39, 0.29) is 0 Å². The van der Waals surface area contributed by atoms with Crippen LogP contribution in [0.4, 0.5) is 0 Å². The van der Waals surface area contributed by atoms with Gasteiger partial charge in [-0.15, -0.1) is 0 Å². The van der Waals surface area contributed by atoms with Gasteiger partial charge in [-0.2, -0.15) is 0 Å². The van der Waals surface area contributed by atoms with E-state index in [1.807, 2.05) is 19.1 Å². The zero-order valence-electron chi connectivity index (χ0n) is 10.3. The van der Waals surface area contributed by atoms with Crippen LogP contribution < -0.4 is 0 Å². The van der Waals surface area contributed by atoms with E-state index < -0.39 is 6.10 Å². The Hall–Kier alpha value is -1.84. The molecule has 0 bridgehead atoms. The Balaban J connectivity index is 2.07. The molecule has 1 N–H and O–H groups in total. The van der Waals surface area contributed by atoms with Crippen molar-refractivity contribution in [3.8, 4) is 0 Å². The number of pyridine rings is 1. The largest absolute Gasteiger partial charge is 0.458 e. The van der Waals surface area contributed by atoms with Crippen LogP contribution in [0.1, 0.15) is 23.0 Å². The topological polar surface area (TPSA) is 46.3 Å². The van der Waals surface area contributed by atoms with Crippen molar-refractivity contribution in [3.63, 3.8) is 0 Å². The fourth-order valence-electron chi connectivity index (χ4n) is 2.11. The Labute approximate surface area is 115 Å². The number of aryl methyl sites for hydroxylation is 1. The van der Waals surface area contributed by atoms with Crippen molar-refractivity contribution in [2.45, 2.75) is 13.0 Å². The monoisotopic (exact) mass is 273 g/mol. The minimum Gasteiger partial charge on any atom is -0.458 e. The van der Waals surface area contributed by atoms with Gasteiger partial charge in [-0.05, 0) is 48.4 Å². The predicted molar refractivity (Wildman–Crippen MR) is 74.3 cm³/mol. The summed E-state index contributed by atoms with van der Waals surface area (Å²) in [6, 6.07) is 8.98. The van der Waals surface area contributed by atoms with Gasteiger partial charge in [0.25, 0.3) is 0 Å². The van der Waals surface area contributed by atoms with E-state index in [2.05, 4.69) is 4.98 Å². The molecule has 3 nitrogen and oxygen atoms in total. The summed E-state index contributed by atoms with van der Waals surface area (Å²) in [5.41, 5.74) is 2.43. The van der Waals surface area contributed by atoms with Crippen molar-refractivity contribution < 1.29 is 9.52 Å². The van der Waals surface area contributed by atoms with Gasteiger partial charge in [0.15, 0.2) is 0 Å².